The van der Waals surface area contributed by atoms with Crippen LogP contribution in [0, 0.1) is 11.3 Å². The van der Waals surface area contributed by atoms with Crippen molar-refractivity contribution in [3.8, 4) is 11.8 Å². The number of nitrogens with one attached hydrogen (secondary N) is 1. The molecule has 13 nitrogen and oxygen atoms in total. The molecule has 1 aromatic heterocycles. The second-order valence-electron chi connectivity index (χ2n) is 8.80. The number of aliphatic hydroxyl groups excluding tert-OH is 1. The van der Waals surface area contributed by atoms with Crippen LogP contribution < -0.4 is 21.0 Å². The minimum atomic E-state index is -2.33. The van der Waals surface area contributed by atoms with Crippen LogP contribution in [0.15, 0.2) is 47.4 Å². The molecule has 1 aliphatic heterocycles. The summed E-state index contributed by atoms with van der Waals surface area (Å²) in [6, 6.07) is 10.9. The molecule has 0 amide bonds. The molecule has 0 saturated carbocycles. The molecule has 1 aliphatic rings. The van der Waals surface area contributed by atoms with Crippen molar-refractivity contribution in [1.82, 2.24) is 14.6 Å². The Labute approximate surface area is 214 Å². The van der Waals surface area contributed by atoms with Gasteiger partial charge in [-0.3, -0.25) is 9.36 Å². The van der Waals surface area contributed by atoms with E-state index in [1.807, 2.05) is 0 Å². The van der Waals surface area contributed by atoms with Gasteiger partial charge in [0.2, 0.25) is 0 Å². The van der Waals surface area contributed by atoms with Gasteiger partial charge < -0.3 is 34.5 Å². The van der Waals surface area contributed by atoms with Gasteiger partial charge in [-0.05, 0) is 45.9 Å². The number of nitrogen functional groups attached to an aromatic ring is 1. The fourth-order valence-corrected chi connectivity index (χ4v) is 4.79. The van der Waals surface area contributed by atoms with Gasteiger partial charge in [0.25, 0.3) is 5.72 Å². The number of ether oxygens (including phenoxy) is 2. The van der Waals surface area contributed by atoms with E-state index >= 15 is 0 Å². The second-order valence-corrected chi connectivity index (χ2v) is 10.0. The van der Waals surface area contributed by atoms with E-state index in [2.05, 4.69) is 10.1 Å². The van der Waals surface area contributed by atoms with Gasteiger partial charge in [0.15, 0.2) is 5.60 Å². The van der Waals surface area contributed by atoms with E-state index in [0.29, 0.717) is 5.75 Å². The third-order valence-electron chi connectivity index (χ3n) is 5.54. The van der Waals surface area contributed by atoms with Crippen molar-refractivity contribution in [3.63, 3.8) is 0 Å². The molecule has 14 heteroatoms. The lowest BCUT2D eigenvalue weighted by atomic mass is 9.88. The number of hydrogen-bond acceptors (Lipinski definition) is 12. The Kier molecular flexibility index (Phi) is 8.86. The van der Waals surface area contributed by atoms with E-state index in [1.165, 1.54) is 6.07 Å². The molecule has 2 aromatic rings. The number of nitrogens with zero attached hydrogens (tertiary/aromatic N) is 3. The fourth-order valence-electron chi connectivity index (χ4n) is 3.59. The van der Waals surface area contributed by atoms with Gasteiger partial charge in [0.1, 0.15) is 35.9 Å². The standard InChI is InChI=1S/C23H30N5O8P/c1-14(2)34-20(30)15(3)27-37(36-16-8-6-5-7-9-16)33-12-17-19(29)22(4,32)23(13-24,35-17)28-11-10-18(25)26-21(28)31/h5-11,14-15,17,19,27,29,32H,12H2,1-4H3,(H2,25,26,31). The highest BCUT2D eigenvalue weighted by molar-refractivity contribution is 7.45. The number of anilines is 1. The smallest absolute Gasteiger partial charge is 0.352 e. The summed E-state index contributed by atoms with van der Waals surface area (Å²) in [5, 5.41) is 34.9. The largest absolute Gasteiger partial charge is 0.462 e. The Morgan fingerprint density at radius 3 is 2.62 bits per heavy atom. The molecule has 0 radical (unpaired) electrons. The molecule has 0 spiro atoms. The first-order valence-corrected chi connectivity index (χ1v) is 12.6. The molecular formula is C23H30N5O8P. The summed E-state index contributed by atoms with van der Waals surface area (Å²) in [7, 11) is -2.00. The van der Waals surface area contributed by atoms with E-state index in [0.717, 1.165) is 17.7 Å². The molecule has 200 valence electrons. The predicted molar refractivity (Wildman–Crippen MR) is 132 cm³/mol. The van der Waals surface area contributed by atoms with Crippen LogP contribution in [0.5, 0.6) is 5.75 Å². The van der Waals surface area contributed by atoms with Crippen molar-refractivity contribution in [3.05, 3.63) is 53.1 Å². The maximum absolute atomic E-state index is 12.5. The quantitative estimate of drug-likeness (QED) is 0.247. The van der Waals surface area contributed by atoms with Crippen LogP contribution in [-0.2, 0) is 24.5 Å². The number of para-hydroxylation sites is 1. The Morgan fingerprint density at radius 2 is 2.03 bits per heavy atom. The highest BCUT2D eigenvalue weighted by atomic mass is 31.2. The van der Waals surface area contributed by atoms with Gasteiger partial charge in [-0.25, -0.2) is 9.88 Å². The zero-order valence-electron chi connectivity index (χ0n) is 20.8. The predicted octanol–water partition coefficient (Wildman–Crippen LogP) is 0.765. The Morgan fingerprint density at radius 1 is 1.35 bits per heavy atom. The van der Waals surface area contributed by atoms with E-state index < -0.39 is 49.8 Å². The second kappa shape index (κ2) is 11.5. The van der Waals surface area contributed by atoms with E-state index in [4.69, 9.17) is 24.3 Å². The van der Waals surface area contributed by atoms with Crippen LogP contribution in [0.25, 0.3) is 0 Å². The number of aromatic nitrogens is 2. The number of nitrogens with two attached hydrogens (primary N) is 1. The van der Waals surface area contributed by atoms with E-state index in [1.54, 1.807) is 57.2 Å². The van der Waals surface area contributed by atoms with Crippen LogP contribution in [0.2, 0.25) is 0 Å². The number of nitriles is 1. The lowest BCUT2D eigenvalue weighted by molar-refractivity contribution is -0.151. The number of rotatable bonds is 10. The molecule has 5 N–H and O–H groups in total. The lowest BCUT2D eigenvalue weighted by Gasteiger charge is -2.34. The van der Waals surface area contributed by atoms with Crippen molar-refractivity contribution in [2.45, 2.75) is 63.4 Å². The molecule has 37 heavy (non-hydrogen) atoms. The molecule has 1 saturated heterocycles. The summed E-state index contributed by atoms with van der Waals surface area (Å²) in [6.07, 6.45) is -2.11. The van der Waals surface area contributed by atoms with Crippen LogP contribution in [0.4, 0.5) is 5.82 Å². The van der Waals surface area contributed by atoms with Crippen LogP contribution in [0.1, 0.15) is 27.7 Å². The maximum atomic E-state index is 12.5. The van der Waals surface area contributed by atoms with Crippen molar-refractivity contribution < 1.29 is 33.5 Å². The fraction of sp³-hybridized carbons (Fsp3) is 0.478. The highest BCUT2D eigenvalue weighted by Gasteiger charge is 2.65. The number of benzene rings is 1. The normalized spacial score (nSPS) is 26.9. The van der Waals surface area contributed by atoms with Gasteiger partial charge in [0.05, 0.1) is 12.7 Å². The lowest BCUT2D eigenvalue weighted by Crippen LogP contribution is -2.57. The minimum Gasteiger partial charge on any atom is -0.462 e. The number of aliphatic hydroxyl groups is 2. The van der Waals surface area contributed by atoms with Gasteiger partial charge in [-0.15, -0.1) is 0 Å². The monoisotopic (exact) mass is 535 g/mol. The third-order valence-corrected chi connectivity index (χ3v) is 6.90. The van der Waals surface area contributed by atoms with E-state index in [-0.39, 0.29) is 18.5 Å². The van der Waals surface area contributed by atoms with Crippen molar-refractivity contribution in [2.24, 2.45) is 0 Å². The number of hydrogen-bond donors (Lipinski definition) is 4. The molecule has 0 bridgehead atoms. The minimum absolute atomic E-state index is 0.0905. The highest BCUT2D eigenvalue weighted by Crippen LogP contribution is 2.44. The average Bonchev–Trinajstić information content (AvgIpc) is 3.03. The van der Waals surface area contributed by atoms with Crippen LogP contribution in [0.3, 0.4) is 0 Å². The summed E-state index contributed by atoms with van der Waals surface area (Å²) in [4.78, 5) is 28.4. The summed E-state index contributed by atoms with van der Waals surface area (Å²) < 4.78 is 23.4. The summed E-state index contributed by atoms with van der Waals surface area (Å²) >= 11 is 0. The van der Waals surface area contributed by atoms with Crippen molar-refractivity contribution in [2.75, 3.05) is 12.3 Å². The van der Waals surface area contributed by atoms with E-state index in [9.17, 15) is 25.1 Å². The topological polar surface area (TPSA) is 191 Å². The number of esters is 1. The molecule has 1 aromatic carbocycles. The molecule has 1 fully saturated rings. The summed E-state index contributed by atoms with van der Waals surface area (Å²) in [5.41, 5.74) is 0.000663. The first kappa shape index (κ1) is 28.5. The van der Waals surface area contributed by atoms with Crippen LogP contribution in [-0.4, -0.2) is 62.3 Å². The van der Waals surface area contributed by atoms with Crippen LogP contribution >= 0.6 is 8.53 Å². The Bertz CT molecular complexity index is 1190. The van der Waals surface area contributed by atoms with Gasteiger partial charge >= 0.3 is 20.2 Å². The average molecular weight is 535 g/mol. The SMILES string of the molecule is CC(C)OC(=O)C(C)NP(OCC1OC(C#N)(n2ccc(N)nc2=O)C(C)(O)C1O)Oc1ccccc1. The summed E-state index contributed by atoms with van der Waals surface area (Å²) in [5.74, 6) is -0.176. The van der Waals surface area contributed by atoms with Crippen molar-refractivity contribution >= 4 is 20.3 Å². The molecule has 2 heterocycles. The van der Waals surface area contributed by atoms with Crippen molar-refractivity contribution in [1.29, 1.82) is 5.26 Å². The van der Waals surface area contributed by atoms with Gasteiger partial charge in [-0.1, -0.05) is 18.2 Å². The summed E-state index contributed by atoms with van der Waals surface area (Å²) in [6.45, 7) is 5.80. The Balaban J connectivity index is 1.82. The Hall–Kier alpha value is -3.11. The maximum Gasteiger partial charge on any atom is 0.352 e. The molecule has 3 rings (SSSR count). The van der Waals surface area contributed by atoms with Gasteiger partial charge in [0, 0.05) is 6.20 Å². The zero-order chi connectivity index (χ0) is 27.4. The molecule has 6 unspecified atom stereocenters. The number of carbonyl (C=O) groups excluding carboxylic acids is 1. The first-order valence-electron chi connectivity index (χ1n) is 11.4. The molecular weight excluding hydrogens is 505 g/mol. The van der Waals surface area contributed by atoms with Gasteiger partial charge in [-0.2, -0.15) is 10.2 Å². The molecule has 6 atom stereocenters. The number of carbonyl (C=O) groups is 1. The first-order chi connectivity index (χ1) is 17.4. The zero-order valence-corrected chi connectivity index (χ0v) is 21.7. The third kappa shape index (κ3) is 6.07. The molecule has 0 aliphatic carbocycles.